The molecule has 11 heavy (non-hydrogen) atoms. The van der Waals surface area contributed by atoms with E-state index in [1.807, 2.05) is 0 Å². The molecule has 0 amide bonds. The number of ether oxygens (including phenoxy) is 1. The molecule has 1 heterocycles. The Labute approximate surface area is 64.1 Å². The van der Waals surface area contributed by atoms with Gasteiger partial charge in [-0.2, -0.15) is 0 Å². The Morgan fingerprint density at radius 1 is 1.82 bits per heavy atom. The van der Waals surface area contributed by atoms with Gasteiger partial charge in [0.15, 0.2) is 0 Å². The van der Waals surface area contributed by atoms with E-state index in [0.717, 1.165) is 0 Å². The molecule has 1 rings (SSSR count). The molecule has 4 nitrogen and oxygen atoms in total. The van der Waals surface area contributed by atoms with Crippen LogP contribution < -0.4 is 0 Å². The number of hydrogen-bond acceptors (Lipinski definition) is 3. The molecule has 0 aromatic rings. The largest absolute Gasteiger partial charge is 0.478 e. The van der Waals surface area contributed by atoms with Crippen LogP contribution in [0.2, 0.25) is 0 Å². The molecular weight excluding hydrogens is 148 g/mol. The number of carbonyl (C=O) groups is 1. The summed E-state index contributed by atoms with van der Waals surface area (Å²) in [7, 11) is 0. The molecule has 0 aromatic carbocycles. The van der Waals surface area contributed by atoms with E-state index < -0.39 is 11.6 Å². The second-order valence-electron chi connectivity index (χ2n) is 2.64. The second kappa shape index (κ2) is 2.64. The highest BCUT2D eigenvalue weighted by molar-refractivity contribution is 5.86. The van der Waals surface area contributed by atoms with Crippen LogP contribution in [0.1, 0.15) is 6.92 Å². The third-order valence-electron chi connectivity index (χ3n) is 1.60. The standard InChI is InChI=1S/C7H10O4/c1-5(6(9)10)2-7(3-8)4-11-7/h2,8H,3-4H2,1H3,(H,9,10)/b5-2+/t7-/m1/s1. The minimum absolute atomic E-state index is 0.155. The maximum atomic E-state index is 10.3. The molecule has 4 heteroatoms. The normalized spacial score (nSPS) is 30.2. The van der Waals surface area contributed by atoms with Crippen LogP contribution >= 0.6 is 0 Å². The predicted molar refractivity (Wildman–Crippen MR) is 37.2 cm³/mol. The Bertz CT molecular complexity index is 202. The third kappa shape index (κ3) is 1.78. The van der Waals surface area contributed by atoms with Crippen molar-refractivity contribution in [3.05, 3.63) is 11.6 Å². The molecule has 1 atom stereocenters. The smallest absolute Gasteiger partial charge is 0.331 e. The fourth-order valence-corrected chi connectivity index (χ4v) is 0.769. The minimum Gasteiger partial charge on any atom is -0.478 e. The predicted octanol–water partition coefficient (Wildman–Crippen LogP) is -0.221. The lowest BCUT2D eigenvalue weighted by Crippen LogP contribution is -2.15. The van der Waals surface area contributed by atoms with Gasteiger partial charge < -0.3 is 14.9 Å². The maximum absolute atomic E-state index is 10.3. The molecule has 0 spiro atoms. The zero-order chi connectivity index (χ0) is 8.48. The average molecular weight is 158 g/mol. The van der Waals surface area contributed by atoms with Crippen LogP contribution in [0.4, 0.5) is 0 Å². The summed E-state index contributed by atoms with van der Waals surface area (Å²) in [5, 5.41) is 17.2. The zero-order valence-corrected chi connectivity index (χ0v) is 6.20. The number of aliphatic hydroxyl groups is 1. The zero-order valence-electron chi connectivity index (χ0n) is 6.20. The summed E-state index contributed by atoms with van der Waals surface area (Å²) in [4.78, 5) is 10.3. The first-order chi connectivity index (χ1) is 5.09. The molecule has 0 bridgehead atoms. The van der Waals surface area contributed by atoms with Gasteiger partial charge in [-0.1, -0.05) is 0 Å². The maximum Gasteiger partial charge on any atom is 0.331 e. The van der Waals surface area contributed by atoms with E-state index >= 15 is 0 Å². The molecule has 0 radical (unpaired) electrons. The van der Waals surface area contributed by atoms with E-state index in [4.69, 9.17) is 14.9 Å². The van der Waals surface area contributed by atoms with Gasteiger partial charge in [-0.25, -0.2) is 4.79 Å². The summed E-state index contributed by atoms with van der Waals surface area (Å²) < 4.78 is 4.88. The average Bonchev–Trinajstić information content (AvgIpc) is 2.69. The van der Waals surface area contributed by atoms with Gasteiger partial charge >= 0.3 is 5.97 Å². The molecular formula is C7H10O4. The number of aliphatic carboxylic acids is 1. The molecule has 1 aliphatic rings. The van der Waals surface area contributed by atoms with Crippen molar-refractivity contribution in [2.45, 2.75) is 12.5 Å². The lowest BCUT2D eigenvalue weighted by Gasteiger charge is -2.00. The molecule has 0 aromatic heterocycles. The van der Waals surface area contributed by atoms with Crippen molar-refractivity contribution in [3.8, 4) is 0 Å². The van der Waals surface area contributed by atoms with Crippen LogP contribution in [0.25, 0.3) is 0 Å². The van der Waals surface area contributed by atoms with Crippen molar-refractivity contribution in [2.24, 2.45) is 0 Å². The van der Waals surface area contributed by atoms with Crippen LogP contribution in [0.15, 0.2) is 11.6 Å². The monoisotopic (exact) mass is 158 g/mol. The highest BCUT2D eigenvalue weighted by Crippen LogP contribution is 2.28. The summed E-state index contributed by atoms with van der Waals surface area (Å²) in [5.74, 6) is -0.978. The topological polar surface area (TPSA) is 70.1 Å². The highest BCUT2D eigenvalue weighted by Gasteiger charge is 2.42. The van der Waals surface area contributed by atoms with Gasteiger partial charge in [0.25, 0.3) is 0 Å². The van der Waals surface area contributed by atoms with Crippen LogP contribution in [-0.2, 0) is 9.53 Å². The van der Waals surface area contributed by atoms with Gasteiger partial charge in [0.05, 0.1) is 13.2 Å². The number of carboxylic acid groups (broad SMARTS) is 1. The van der Waals surface area contributed by atoms with Crippen molar-refractivity contribution in [1.29, 1.82) is 0 Å². The first-order valence-corrected chi connectivity index (χ1v) is 3.27. The Hall–Kier alpha value is -0.870. The van der Waals surface area contributed by atoms with Crippen LogP contribution in [0, 0.1) is 0 Å². The highest BCUT2D eigenvalue weighted by atomic mass is 16.6. The molecule has 1 fully saturated rings. The van der Waals surface area contributed by atoms with Gasteiger partial charge in [-0.05, 0) is 13.0 Å². The SMILES string of the molecule is C/C(=C\[C@@]1(CO)CO1)C(=O)O. The summed E-state index contributed by atoms with van der Waals surface area (Å²) in [6, 6.07) is 0. The summed E-state index contributed by atoms with van der Waals surface area (Å²) >= 11 is 0. The molecule has 62 valence electrons. The Kier molecular flexibility index (Phi) is 1.97. The van der Waals surface area contributed by atoms with E-state index in [-0.39, 0.29) is 12.2 Å². The first kappa shape index (κ1) is 8.23. The first-order valence-electron chi connectivity index (χ1n) is 3.27. The molecule has 2 N–H and O–H groups in total. The number of hydrogen-bond donors (Lipinski definition) is 2. The van der Waals surface area contributed by atoms with Crippen molar-refractivity contribution < 1.29 is 19.7 Å². The van der Waals surface area contributed by atoms with Crippen molar-refractivity contribution in [3.63, 3.8) is 0 Å². The number of carboxylic acids is 1. The number of aliphatic hydroxyl groups excluding tert-OH is 1. The quantitative estimate of drug-likeness (QED) is 0.440. The van der Waals surface area contributed by atoms with Crippen LogP contribution in [0.3, 0.4) is 0 Å². The third-order valence-corrected chi connectivity index (χ3v) is 1.60. The summed E-state index contributed by atoms with van der Waals surface area (Å²) in [6.07, 6.45) is 1.44. The van der Waals surface area contributed by atoms with Crippen LogP contribution in [0.5, 0.6) is 0 Å². The number of epoxide rings is 1. The Morgan fingerprint density at radius 3 is 2.64 bits per heavy atom. The molecule has 1 saturated heterocycles. The molecule has 0 aliphatic carbocycles. The van der Waals surface area contributed by atoms with Gasteiger partial charge in [0, 0.05) is 5.57 Å². The van der Waals surface area contributed by atoms with Gasteiger partial charge in [-0.15, -0.1) is 0 Å². The van der Waals surface area contributed by atoms with Crippen LogP contribution in [-0.4, -0.2) is 35.0 Å². The Balaban J connectivity index is 2.64. The minimum atomic E-state index is -0.978. The van der Waals surface area contributed by atoms with Crippen molar-refractivity contribution in [2.75, 3.05) is 13.2 Å². The van der Waals surface area contributed by atoms with E-state index in [2.05, 4.69) is 0 Å². The fourth-order valence-electron chi connectivity index (χ4n) is 0.769. The summed E-state index contributed by atoms with van der Waals surface area (Å²) in [5.41, 5.74) is -0.487. The van der Waals surface area contributed by atoms with Crippen molar-refractivity contribution in [1.82, 2.24) is 0 Å². The summed E-state index contributed by atoms with van der Waals surface area (Å²) in [6.45, 7) is 1.73. The lowest BCUT2D eigenvalue weighted by molar-refractivity contribution is -0.132. The number of rotatable bonds is 3. The molecule has 1 aliphatic heterocycles. The second-order valence-corrected chi connectivity index (χ2v) is 2.64. The van der Waals surface area contributed by atoms with Gasteiger partial charge in [0.1, 0.15) is 5.60 Å². The lowest BCUT2D eigenvalue weighted by atomic mass is 10.1. The van der Waals surface area contributed by atoms with E-state index in [0.29, 0.717) is 6.61 Å². The Morgan fingerprint density at radius 2 is 2.36 bits per heavy atom. The van der Waals surface area contributed by atoms with Gasteiger partial charge in [0.2, 0.25) is 0 Å². The molecule has 0 saturated carbocycles. The van der Waals surface area contributed by atoms with Crippen molar-refractivity contribution >= 4 is 5.97 Å². The van der Waals surface area contributed by atoms with E-state index in [1.54, 1.807) is 0 Å². The van der Waals surface area contributed by atoms with E-state index in [9.17, 15) is 4.79 Å². The van der Waals surface area contributed by atoms with E-state index in [1.165, 1.54) is 13.0 Å². The molecule has 0 unspecified atom stereocenters. The fraction of sp³-hybridized carbons (Fsp3) is 0.571. The van der Waals surface area contributed by atoms with Gasteiger partial charge in [-0.3, -0.25) is 0 Å².